The van der Waals surface area contributed by atoms with Crippen LogP contribution in [0.3, 0.4) is 0 Å². The van der Waals surface area contributed by atoms with Gasteiger partial charge in [0.25, 0.3) is 5.91 Å². The number of nitrogens with zero attached hydrogens (tertiary/aromatic N) is 2. The highest BCUT2D eigenvalue weighted by Gasteiger charge is 2.17. The van der Waals surface area contributed by atoms with Crippen molar-refractivity contribution in [2.45, 2.75) is 26.7 Å². The van der Waals surface area contributed by atoms with Crippen LogP contribution in [0, 0.1) is 6.92 Å². The molecule has 6 heteroatoms. The van der Waals surface area contributed by atoms with E-state index in [2.05, 4.69) is 10.4 Å². The van der Waals surface area contributed by atoms with E-state index in [1.54, 1.807) is 25.4 Å². The molecule has 2 aromatic rings. The normalized spacial score (nSPS) is 11.0. The molecule has 0 spiro atoms. The van der Waals surface area contributed by atoms with Crippen LogP contribution in [0.25, 0.3) is 0 Å². The van der Waals surface area contributed by atoms with Gasteiger partial charge < -0.3 is 10.4 Å². The lowest BCUT2D eigenvalue weighted by Gasteiger charge is -2.14. The van der Waals surface area contributed by atoms with Crippen molar-refractivity contribution in [2.75, 3.05) is 5.32 Å². The average molecular weight is 308 g/mol. The number of halogens is 1. The first kappa shape index (κ1) is 15.4. The van der Waals surface area contributed by atoms with Gasteiger partial charge in [-0.3, -0.25) is 9.48 Å². The Labute approximate surface area is 128 Å². The van der Waals surface area contributed by atoms with Gasteiger partial charge >= 0.3 is 0 Å². The van der Waals surface area contributed by atoms with Gasteiger partial charge in [-0.05, 0) is 36.1 Å². The SMILES string of the molecule is Cc1cc(O)c(C(C)C)cc1NC(=O)c1nn(C)cc1Cl. The molecular formula is C15H18ClN3O2. The first-order valence-corrected chi connectivity index (χ1v) is 7.01. The fourth-order valence-corrected chi connectivity index (χ4v) is 2.37. The number of carbonyl (C=O) groups excluding carboxylic acids is 1. The molecule has 1 heterocycles. The maximum Gasteiger partial charge on any atom is 0.277 e. The van der Waals surface area contributed by atoms with Crippen molar-refractivity contribution in [2.24, 2.45) is 7.05 Å². The number of rotatable bonds is 3. The second kappa shape index (κ2) is 5.77. The highest BCUT2D eigenvalue weighted by molar-refractivity contribution is 6.34. The van der Waals surface area contributed by atoms with Crippen molar-refractivity contribution in [1.29, 1.82) is 0 Å². The first-order valence-electron chi connectivity index (χ1n) is 6.63. The van der Waals surface area contributed by atoms with Crippen molar-refractivity contribution in [3.05, 3.63) is 40.2 Å². The average Bonchev–Trinajstić information content (AvgIpc) is 2.71. The lowest BCUT2D eigenvalue weighted by Crippen LogP contribution is -2.14. The molecule has 0 aliphatic heterocycles. The molecule has 2 N–H and O–H groups in total. The second-order valence-electron chi connectivity index (χ2n) is 5.33. The topological polar surface area (TPSA) is 67.2 Å². The second-order valence-corrected chi connectivity index (χ2v) is 5.74. The van der Waals surface area contributed by atoms with E-state index in [9.17, 15) is 9.90 Å². The van der Waals surface area contributed by atoms with Crippen molar-refractivity contribution in [1.82, 2.24) is 9.78 Å². The number of hydrogen-bond donors (Lipinski definition) is 2. The summed E-state index contributed by atoms with van der Waals surface area (Å²) in [5, 5.41) is 17.1. The number of aromatic hydroxyl groups is 1. The van der Waals surface area contributed by atoms with Crippen molar-refractivity contribution < 1.29 is 9.90 Å². The molecule has 5 nitrogen and oxygen atoms in total. The third kappa shape index (κ3) is 3.19. The van der Waals surface area contributed by atoms with E-state index in [1.165, 1.54) is 4.68 Å². The predicted octanol–water partition coefficient (Wildman–Crippen LogP) is 3.46. The molecule has 1 amide bonds. The van der Waals surface area contributed by atoms with Crippen LogP contribution in [-0.4, -0.2) is 20.8 Å². The first-order chi connectivity index (χ1) is 9.79. The van der Waals surface area contributed by atoms with Gasteiger partial charge in [0.05, 0.1) is 5.02 Å². The van der Waals surface area contributed by atoms with Gasteiger partial charge in [0, 0.05) is 18.9 Å². The molecule has 21 heavy (non-hydrogen) atoms. The highest BCUT2D eigenvalue weighted by atomic mass is 35.5. The monoisotopic (exact) mass is 307 g/mol. The molecule has 0 saturated carbocycles. The van der Waals surface area contributed by atoms with Gasteiger partial charge in [0.15, 0.2) is 5.69 Å². The minimum atomic E-state index is -0.371. The lowest BCUT2D eigenvalue weighted by molar-refractivity contribution is 0.102. The summed E-state index contributed by atoms with van der Waals surface area (Å²) in [7, 11) is 1.70. The summed E-state index contributed by atoms with van der Waals surface area (Å²) in [4.78, 5) is 12.2. The Bertz CT molecular complexity index is 692. The Morgan fingerprint density at radius 1 is 1.43 bits per heavy atom. The Hall–Kier alpha value is -2.01. The lowest BCUT2D eigenvalue weighted by atomic mass is 9.99. The fraction of sp³-hybridized carbons (Fsp3) is 0.333. The van der Waals surface area contributed by atoms with Crippen LogP contribution in [0.4, 0.5) is 5.69 Å². The molecule has 0 aliphatic carbocycles. The minimum Gasteiger partial charge on any atom is -0.508 e. The van der Waals surface area contributed by atoms with E-state index in [4.69, 9.17) is 11.6 Å². The zero-order chi connectivity index (χ0) is 15.7. The van der Waals surface area contributed by atoms with Crippen LogP contribution in [0.5, 0.6) is 5.75 Å². The number of nitrogens with one attached hydrogen (secondary N) is 1. The Morgan fingerprint density at radius 3 is 2.62 bits per heavy atom. The zero-order valence-corrected chi connectivity index (χ0v) is 13.2. The van der Waals surface area contributed by atoms with Crippen LogP contribution < -0.4 is 5.32 Å². The number of aromatic nitrogens is 2. The summed E-state index contributed by atoms with van der Waals surface area (Å²) in [5.41, 5.74) is 2.38. The van der Waals surface area contributed by atoms with E-state index in [0.29, 0.717) is 10.7 Å². The van der Waals surface area contributed by atoms with E-state index in [-0.39, 0.29) is 23.3 Å². The molecule has 0 atom stereocenters. The van der Waals surface area contributed by atoms with Gasteiger partial charge in [0.2, 0.25) is 0 Å². The van der Waals surface area contributed by atoms with E-state index < -0.39 is 0 Å². The molecule has 1 aromatic heterocycles. The molecule has 0 unspecified atom stereocenters. The van der Waals surface area contributed by atoms with Gasteiger partial charge in [0.1, 0.15) is 5.75 Å². The number of aryl methyl sites for hydroxylation is 2. The van der Waals surface area contributed by atoms with Crippen LogP contribution in [-0.2, 0) is 7.05 Å². The van der Waals surface area contributed by atoms with Gasteiger partial charge in [-0.2, -0.15) is 5.10 Å². The largest absolute Gasteiger partial charge is 0.508 e. The smallest absolute Gasteiger partial charge is 0.277 e. The number of amides is 1. The standard InChI is InChI=1S/C15H18ClN3O2/c1-8(2)10-6-12(9(3)5-13(10)20)17-15(21)14-11(16)7-19(4)18-14/h5-8,20H,1-4H3,(H,17,21). The van der Waals surface area contributed by atoms with Gasteiger partial charge in [-0.25, -0.2) is 0 Å². The number of hydrogen-bond acceptors (Lipinski definition) is 3. The van der Waals surface area contributed by atoms with E-state index >= 15 is 0 Å². The van der Waals surface area contributed by atoms with Crippen molar-refractivity contribution in [3.63, 3.8) is 0 Å². The number of phenols is 1. The molecule has 0 bridgehead atoms. The molecule has 1 aromatic carbocycles. The van der Waals surface area contributed by atoms with Crippen LogP contribution in [0.2, 0.25) is 5.02 Å². The van der Waals surface area contributed by atoms with E-state index in [1.807, 2.05) is 20.8 Å². The predicted molar refractivity (Wildman–Crippen MR) is 83.1 cm³/mol. The van der Waals surface area contributed by atoms with Crippen LogP contribution in [0.1, 0.15) is 41.4 Å². The number of benzene rings is 1. The third-order valence-electron chi connectivity index (χ3n) is 3.24. The maximum absolute atomic E-state index is 12.2. The Morgan fingerprint density at radius 2 is 2.10 bits per heavy atom. The summed E-state index contributed by atoms with van der Waals surface area (Å²) in [6.07, 6.45) is 1.57. The molecule has 0 aliphatic rings. The Kier molecular flexibility index (Phi) is 4.23. The summed E-state index contributed by atoms with van der Waals surface area (Å²) >= 11 is 5.97. The summed E-state index contributed by atoms with van der Waals surface area (Å²) in [5.74, 6) is 0.0140. The molecule has 0 saturated heterocycles. The Balaban J connectivity index is 2.33. The minimum absolute atomic E-state index is 0.152. The number of phenolic OH excluding ortho intramolecular Hbond substituents is 1. The summed E-state index contributed by atoms with van der Waals surface area (Å²) < 4.78 is 1.49. The van der Waals surface area contributed by atoms with E-state index in [0.717, 1.165) is 11.1 Å². The number of anilines is 1. The maximum atomic E-state index is 12.2. The molecule has 0 radical (unpaired) electrons. The number of carbonyl (C=O) groups is 1. The molecule has 112 valence electrons. The molecule has 0 fully saturated rings. The van der Waals surface area contributed by atoms with Gasteiger partial charge in [-0.1, -0.05) is 25.4 Å². The van der Waals surface area contributed by atoms with Crippen LogP contribution in [0.15, 0.2) is 18.3 Å². The summed E-state index contributed by atoms with van der Waals surface area (Å²) in [6, 6.07) is 3.43. The van der Waals surface area contributed by atoms with Crippen molar-refractivity contribution >= 4 is 23.2 Å². The third-order valence-corrected chi connectivity index (χ3v) is 3.52. The highest BCUT2D eigenvalue weighted by Crippen LogP contribution is 2.31. The summed E-state index contributed by atoms with van der Waals surface area (Å²) in [6.45, 7) is 5.77. The van der Waals surface area contributed by atoms with Crippen molar-refractivity contribution in [3.8, 4) is 5.75 Å². The zero-order valence-electron chi connectivity index (χ0n) is 12.4. The molecular weight excluding hydrogens is 290 g/mol. The van der Waals surface area contributed by atoms with Gasteiger partial charge in [-0.15, -0.1) is 0 Å². The van der Waals surface area contributed by atoms with Crippen LogP contribution >= 0.6 is 11.6 Å². The fourth-order valence-electron chi connectivity index (χ4n) is 2.10. The quantitative estimate of drug-likeness (QED) is 0.853. The molecule has 2 rings (SSSR count).